The second-order valence-corrected chi connectivity index (χ2v) is 3.37. The van der Waals surface area contributed by atoms with E-state index in [1.807, 2.05) is 31.2 Å². The molecule has 1 aromatic carbocycles. The number of carbonyl (C=O) groups excluding carboxylic acids is 1. The normalized spacial score (nSPS) is 9.73. The Bertz CT molecular complexity index is 306. The largest absolute Gasteiger partial charge is 0.497 e. The maximum Gasteiger partial charge on any atom is 0.220 e. The quantitative estimate of drug-likeness (QED) is 0.803. The van der Waals surface area contributed by atoms with Crippen LogP contribution in [0.25, 0.3) is 0 Å². The van der Waals surface area contributed by atoms with Gasteiger partial charge < -0.3 is 10.1 Å². The van der Waals surface area contributed by atoms with E-state index >= 15 is 0 Å². The summed E-state index contributed by atoms with van der Waals surface area (Å²) in [6, 6.07) is 7.68. The summed E-state index contributed by atoms with van der Waals surface area (Å²) >= 11 is 0. The Morgan fingerprint density at radius 1 is 1.33 bits per heavy atom. The molecule has 1 N–H and O–H groups in total. The fourth-order valence-electron chi connectivity index (χ4n) is 1.26. The Balaban J connectivity index is 2.40. The molecule has 15 heavy (non-hydrogen) atoms. The van der Waals surface area contributed by atoms with Crippen LogP contribution in [0, 0.1) is 0 Å². The highest BCUT2D eigenvalue weighted by Crippen LogP contribution is 2.10. The van der Waals surface area contributed by atoms with Gasteiger partial charge in [-0.1, -0.05) is 19.1 Å². The van der Waals surface area contributed by atoms with E-state index in [1.54, 1.807) is 7.11 Å². The first-order valence-electron chi connectivity index (χ1n) is 5.16. The van der Waals surface area contributed by atoms with Gasteiger partial charge in [-0.3, -0.25) is 4.79 Å². The molecule has 0 aliphatic heterocycles. The highest BCUT2D eigenvalue weighted by atomic mass is 16.5. The van der Waals surface area contributed by atoms with Crippen molar-refractivity contribution in [2.24, 2.45) is 0 Å². The molecule has 1 amide bonds. The minimum Gasteiger partial charge on any atom is -0.497 e. The predicted octanol–water partition coefficient (Wildman–Crippen LogP) is 2.11. The molecule has 0 bridgehead atoms. The molecule has 3 heteroatoms. The average Bonchev–Trinajstić information content (AvgIpc) is 2.27. The molecule has 1 aromatic rings. The van der Waals surface area contributed by atoms with E-state index in [9.17, 15) is 4.79 Å². The van der Waals surface area contributed by atoms with Crippen LogP contribution in [0.15, 0.2) is 24.3 Å². The smallest absolute Gasteiger partial charge is 0.220 e. The molecule has 3 nitrogen and oxygen atoms in total. The topological polar surface area (TPSA) is 38.3 Å². The number of rotatable bonds is 5. The summed E-state index contributed by atoms with van der Waals surface area (Å²) in [6.07, 6.45) is 1.48. The summed E-state index contributed by atoms with van der Waals surface area (Å²) in [7, 11) is 1.64. The van der Waals surface area contributed by atoms with Gasteiger partial charge in [-0.2, -0.15) is 0 Å². The monoisotopic (exact) mass is 207 g/mol. The minimum absolute atomic E-state index is 0.105. The zero-order valence-corrected chi connectivity index (χ0v) is 9.25. The first kappa shape index (κ1) is 11.6. The van der Waals surface area contributed by atoms with Crippen LogP contribution in [0.3, 0.4) is 0 Å². The van der Waals surface area contributed by atoms with Crippen LogP contribution < -0.4 is 10.1 Å². The number of hydrogen-bond donors (Lipinski definition) is 1. The molecule has 0 aliphatic carbocycles. The van der Waals surface area contributed by atoms with E-state index in [1.165, 1.54) is 0 Å². The summed E-state index contributed by atoms with van der Waals surface area (Å²) in [5.41, 5.74) is 1.08. The third-order valence-electron chi connectivity index (χ3n) is 2.13. The van der Waals surface area contributed by atoms with Crippen molar-refractivity contribution in [1.82, 2.24) is 5.32 Å². The number of nitrogens with one attached hydrogen (secondary N) is 1. The first-order valence-corrected chi connectivity index (χ1v) is 5.16. The van der Waals surface area contributed by atoms with Crippen LogP contribution in [0.5, 0.6) is 5.75 Å². The number of amides is 1. The van der Waals surface area contributed by atoms with Crippen LogP contribution in [-0.2, 0) is 11.3 Å². The highest BCUT2D eigenvalue weighted by Gasteiger charge is 1.99. The van der Waals surface area contributed by atoms with Crippen molar-refractivity contribution in [3.05, 3.63) is 29.8 Å². The summed E-state index contributed by atoms with van der Waals surface area (Å²) in [5.74, 6) is 0.937. The van der Waals surface area contributed by atoms with Crippen LogP contribution in [0.4, 0.5) is 0 Å². The molecule has 0 aromatic heterocycles. The predicted molar refractivity (Wildman–Crippen MR) is 59.7 cm³/mol. The fourth-order valence-corrected chi connectivity index (χ4v) is 1.26. The van der Waals surface area contributed by atoms with Crippen LogP contribution in [-0.4, -0.2) is 13.0 Å². The second-order valence-electron chi connectivity index (χ2n) is 3.37. The molecule has 0 spiro atoms. The average molecular weight is 207 g/mol. The molecule has 0 unspecified atom stereocenters. The van der Waals surface area contributed by atoms with Gasteiger partial charge in [0, 0.05) is 13.0 Å². The molecular formula is C12H17NO2. The Morgan fingerprint density at radius 2 is 2.00 bits per heavy atom. The Labute approximate surface area is 90.4 Å². The maximum atomic E-state index is 11.2. The third kappa shape index (κ3) is 4.02. The van der Waals surface area contributed by atoms with Crippen molar-refractivity contribution >= 4 is 5.91 Å². The lowest BCUT2D eigenvalue weighted by Crippen LogP contribution is -2.21. The van der Waals surface area contributed by atoms with E-state index in [2.05, 4.69) is 5.32 Å². The maximum absolute atomic E-state index is 11.2. The van der Waals surface area contributed by atoms with E-state index in [0.717, 1.165) is 17.7 Å². The Kier molecular flexibility index (Phi) is 4.68. The number of methoxy groups -OCH3 is 1. The van der Waals surface area contributed by atoms with Gasteiger partial charge in [0.2, 0.25) is 5.91 Å². The lowest BCUT2D eigenvalue weighted by Gasteiger charge is -2.05. The molecule has 0 saturated heterocycles. The molecule has 1 rings (SSSR count). The Hall–Kier alpha value is -1.51. The zero-order valence-electron chi connectivity index (χ0n) is 9.25. The molecule has 0 fully saturated rings. The van der Waals surface area contributed by atoms with Gasteiger partial charge in [-0.05, 0) is 24.1 Å². The summed E-state index contributed by atoms with van der Waals surface area (Å²) in [5, 5.41) is 2.86. The van der Waals surface area contributed by atoms with Crippen molar-refractivity contribution in [1.29, 1.82) is 0 Å². The molecular weight excluding hydrogens is 190 g/mol. The SMILES string of the molecule is CCCC(=O)NCc1ccc(OC)cc1. The molecule has 0 atom stereocenters. The van der Waals surface area contributed by atoms with Crippen LogP contribution in [0.1, 0.15) is 25.3 Å². The number of ether oxygens (including phenoxy) is 1. The number of carbonyl (C=O) groups is 1. The second kappa shape index (κ2) is 6.06. The molecule has 0 radical (unpaired) electrons. The van der Waals surface area contributed by atoms with Gasteiger partial charge in [0.25, 0.3) is 0 Å². The van der Waals surface area contributed by atoms with Crippen LogP contribution in [0.2, 0.25) is 0 Å². The van der Waals surface area contributed by atoms with E-state index in [-0.39, 0.29) is 5.91 Å². The van der Waals surface area contributed by atoms with E-state index in [4.69, 9.17) is 4.74 Å². The summed E-state index contributed by atoms with van der Waals surface area (Å²) in [4.78, 5) is 11.2. The first-order chi connectivity index (χ1) is 7.26. The van der Waals surface area contributed by atoms with E-state index in [0.29, 0.717) is 13.0 Å². The van der Waals surface area contributed by atoms with Gasteiger partial charge in [-0.15, -0.1) is 0 Å². The van der Waals surface area contributed by atoms with Crippen molar-refractivity contribution < 1.29 is 9.53 Å². The van der Waals surface area contributed by atoms with Gasteiger partial charge in [-0.25, -0.2) is 0 Å². The van der Waals surface area contributed by atoms with Gasteiger partial charge in [0.1, 0.15) is 5.75 Å². The Morgan fingerprint density at radius 3 is 2.53 bits per heavy atom. The van der Waals surface area contributed by atoms with Crippen molar-refractivity contribution in [2.45, 2.75) is 26.3 Å². The minimum atomic E-state index is 0.105. The summed E-state index contributed by atoms with van der Waals surface area (Å²) < 4.78 is 5.05. The molecule has 0 heterocycles. The lowest BCUT2D eigenvalue weighted by atomic mass is 10.2. The summed E-state index contributed by atoms with van der Waals surface area (Å²) in [6.45, 7) is 2.58. The number of benzene rings is 1. The van der Waals surface area contributed by atoms with Crippen molar-refractivity contribution in [3.63, 3.8) is 0 Å². The molecule has 0 aliphatic rings. The van der Waals surface area contributed by atoms with Crippen molar-refractivity contribution in [2.75, 3.05) is 7.11 Å². The molecule has 0 saturated carbocycles. The standard InChI is InChI=1S/C12H17NO2/c1-3-4-12(14)13-9-10-5-7-11(15-2)8-6-10/h5-8H,3-4,9H2,1-2H3,(H,13,14). The van der Waals surface area contributed by atoms with Gasteiger partial charge in [0.05, 0.1) is 7.11 Å². The van der Waals surface area contributed by atoms with Gasteiger partial charge in [0.15, 0.2) is 0 Å². The highest BCUT2D eigenvalue weighted by molar-refractivity contribution is 5.75. The zero-order chi connectivity index (χ0) is 11.1. The molecule has 82 valence electrons. The lowest BCUT2D eigenvalue weighted by molar-refractivity contribution is -0.121. The fraction of sp³-hybridized carbons (Fsp3) is 0.417. The number of hydrogen-bond acceptors (Lipinski definition) is 2. The van der Waals surface area contributed by atoms with E-state index < -0.39 is 0 Å². The van der Waals surface area contributed by atoms with Crippen molar-refractivity contribution in [3.8, 4) is 5.75 Å². The van der Waals surface area contributed by atoms with Gasteiger partial charge >= 0.3 is 0 Å². The third-order valence-corrected chi connectivity index (χ3v) is 2.13. The van der Waals surface area contributed by atoms with Crippen LogP contribution >= 0.6 is 0 Å².